The third-order valence-electron chi connectivity index (χ3n) is 2.31. The average molecular weight is 259 g/mol. The topological polar surface area (TPSA) is 84.2 Å². The van der Waals surface area contributed by atoms with Crippen LogP contribution in [-0.2, 0) is 4.79 Å². The summed E-state index contributed by atoms with van der Waals surface area (Å²) in [6.07, 6.45) is 0. The van der Waals surface area contributed by atoms with Crippen molar-refractivity contribution in [2.75, 3.05) is 10.6 Å². The van der Waals surface area contributed by atoms with Crippen molar-refractivity contribution in [3.05, 3.63) is 41.8 Å². The molecule has 0 spiro atoms. The van der Waals surface area contributed by atoms with Gasteiger partial charge in [-0.25, -0.2) is 0 Å². The van der Waals surface area contributed by atoms with E-state index in [0.29, 0.717) is 17.1 Å². The molecule has 6 heteroatoms. The van der Waals surface area contributed by atoms with Gasteiger partial charge in [0.25, 0.3) is 5.91 Å². The zero-order valence-corrected chi connectivity index (χ0v) is 10.6. The quantitative estimate of drug-likeness (QED) is 0.884. The van der Waals surface area contributed by atoms with Gasteiger partial charge < -0.3 is 15.2 Å². The summed E-state index contributed by atoms with van der Waals surface area (Å²) in [4.78, 5) is 22.6. The molecule has 1 aromatic carbocycles. The third kappa shape index (κ3) is 3.41. The zero-order valence-electron chi connectivity index (χ0n) is 10.6. The minimum Gasteiger partial charge on any atom is -0.351 e. The Balaban J connectivity index is 2.03. The minimum absolute atomic E-state index is 0.145. The first kappa shape index (κ1) is 12.8. The highest BCUT2D eigenvalue weighted by atomic mass is 16.5. The fourth-order valence-corrected chi connectivity index (χ4v) is 1.50. The van der Waals surface area contributed by atoms with Crippen molar-refractivity contribution in [1.82, 2.24) is 5.16 Å². The van der Waals surface area contributed by atoms with Crippen molar-refractivity contribution >= 4 is 23.2 Å². The van der Waals surface area contributed by atoms with Gasteiger partial charge in [0.1, 0.15) is 0 Å². The number of nitrogens with zero attached hydrogens (tertiary/aromatic N) is 1. The van der Waals surface area contributed by atoms with E-state index in [-0.39, 0.29) is 17.6 Å². The lowest BCUT2D eigenvalue weighted by atomic mass is 10.2. The zero-order chi connectivity index (χ0) is 13.8. The molecule has 0 fully saturated rings. The fourth-order valence-electron chi connectivity index (χ4n) is 1.50. The average Bonchev–Trinajstić information content (AvgIpc) is 2.78. The molecule has 98 valence electrons. The molecule has 19 heavy (non-hydrogen) atoms. The van der Waals surface area contributed by atoms with E-state index in [1.54, 1.807) is 37.3 Å². The van der Waals surface area contributed by atoms with Crippen LogP contribution in [0.2, 0.25) is 0 Å². The van der Waals surface area contributed by atoms with Crippen LogP contribution in [0.1, 0.15) is 23.2 Å². The number of aromatic nitrogens is 1. The molecule has 1 heterocycles. The van der Waals surface area contributed by atoms with E-state index in [2.05, 4.69) is 15.8 Å². The molecule has 0 atom stereocenters. The van der Waals surface area contributed by atoms with Crippen LogP contribution in [0, 0.1) is 6.92 Å². The van der Waals surface area contributed by atoms with Crippen molar-refractivity contribution in [1.29, 1.82) is 0 Å². The molecule has 0 aliphatic carbocycles. The lowest BCUT2D eigenvalue weighted by Crippen LogP contribution is -2.11. The van der Waals surface area contributed by atoms with Gasteiger partial charge in [0.15, 0.2) is 0 Å². The molecular formula is C13H13N3O3. The number of rotatable bonds is 3. The number of nitrogens with one attached hydrogen (secondary N) is 2. The number of benzene rings is 1. The summed E-state index contributed by atoms with van der Waals surface area (Å²) < 4.78 is 4.86. The summed E-state index contributed by atoms with van der Waals surface area (Å²) in [6, 6.07) is 8.32. The van der Waals surface area contributed by atoms with Crippen molar-refractivity contribution < 1.29 is 14.1 Å². The first-order valence-electron chi connectivity index (χ1n) is 5.67. The summed E-state index contributed by atoms with van der Waals surface area (Å²) in [5.41, 5.74) is 1.92. The smallest absolute Gasteiger partial charge is 0.294 e. The number of carbonyl (C=O) groups excluding carboxylic acids is 2. The van der Waals surface area contributed by atoms with Crippen LogP contribution in [0.4, 0.5) is 11.4 Å². The van der Waals surface area contributed by atoms with Gasteiger partial charge in [-0.05, 0) is 31.2 Å². The van der Waals surface area contributed by atoms with Gasteiger partial charge in [0, 0.05) is 24.4 Å². The van der Waals surface area contributed by atoms with Crippen molar-refractivity contribution in [3.63, 3.8) is 0 Å². The first-order valence-corrected chi connectivity index (χ1v) is 5.67. The second-order valence-corrected chi connectivity index (χ2v) is 4.05. The van der Waals surface area contributed by atoms with Gasteiger partial charge in [-0.1, -0.05) is 5.16 Å². The highest BCUT2D eigenvalue weighted by molar-refractivity contribution is 6.02. The van der Waals surface area contributed by atoms with Crippen LogP contribution in [0.15, 0.2) is 34.9 Å². The molecule has 0 saturated carbocycles. The van der Waals surface area contributed by atoms with Crippen LogP contribution >= 0.6 is 0 Å². The molecule has 2 N–H and O–H groups in total. The van der Waals surface area contributed by atoms with E-state index >= 15 is 0 Å². The Morgan fingerprint density at radius 1 is 1.11 bits per heavy atom. The summed E-state index contributed by atoms with van der Waals surface area (Å²) in [7, 11) is 0. The normalized spacial score (nSPS) is 10.0. The Morgan fingerprint density at radius 3 is 2.16 bits per heavy atom. The van der Waals surface area contributed by atoms with Crippen molar-refractivity contribution in [2.45, 2.75) is 13.8 Å². The summed E-state index contributed by atoms with van der Waals surface area (Å²) in [5.74, 6) is -0.356. The number of anilines is 2. The highest BCUT2D eigenvalue weighted by Crippen LogP contribution is 2.14. The third-order valence-corrected chi connectivity index (χ3v) is 2.31. The lowest BCUT2D eigenvalue weighted by molar-refractivity contribution is -0.114. The van der Waals surface area contributed by atoms with Gasteiger partial charge in [0.2, 0.25) is 11.7 Å². The maximum atomic E-state index is 11.8. The Morgan fingerprint density at radius 2 is 1.68 bits per heavy atom. The maximum Gasteiger partial charge on any atom is 0.294 e. The van der Waals surface area contributed by atoms with Crippen molar-refractivity contribution in [3.8, 4) is 0 Å². The van der Waals surface area contributed by atoms with E-state index in [0.717, 1.165) is 0 Å². The van der Waals surface area contributed by atoms with E-state index in [9.17, 15) is 9.59 Å². The number of hydrogen-bond acceptors (Lipinski definition) is 4. The molecular weight excluding hydrogens is 246 g/mol. The van der Waals surface area contributed by atoms with E-state index in [1.165, 1.54) is 6.92 Å². The molecule has 0 aliphatic rings. The lowest BCUT2D eigenvalue weighted by Gasteiger charge is -2.05. The van der Waals surface area contributed by atoms with Gasteiger partial charge >= 0.3 is 0 Å². The van der Waals surface area contributed by atoms with E-state index < -0.39 is 0 Å². The molecule has 0 unspecified atom stereocenters. The molecule has 2 amide bonds. The van der Waals surface area contributed by atoms with Crippen LogP contribution < -0.4 is 10.6 Å². The Kier molecular flexibility index (Phi) is 3.61. The van der Waals surface area contributed by atoms with Gasteiger partial charge in [-0.2, -0.15) is 0 Å². The first-order chi connectivity index (χ1) is 9.04. The number of hydrogen-bond donors (Lipinski definition) is 2. The fraction of sp³-hybridized carbons (Fsp3) is 0.154. The standard InChI is InChI=1S/C13H13N3O3/c1-8-7-12(19-16-8)13(18)15-11-5-3-10(4-6-11)14-9(2)17/h3-7H,1-2H3,(H,14,17)(H,15,18). The number of amides is 2. The SMILES string of the molecule is CC(=O)Nc1ccc(NC(=O)c2cc(C)no2)cc1. The predicted octanol–water partition coefficient (Wildman–Crippen LogP) is 2.19. The largest absolute Gasteiger partial charge is 0.351 e. The molecule has 6 nitrogen and oxygen atoms in total. The second-order valence-electron chi connectivity index (χ2n) is 4.05. The second kappa shape index (κ2) is 5.34. The number of aryl methyl sites for hydroxylation is 1. The van der Waals surface area contributed by atoms with E-state index in [1.807, 2.05) is 0 Å². The Hall–Kier alpha value is -2.63. The molecule has 0 radical (unpaired) electrons. The van der Waals surface area contributed by atoms with E-state index in [4.69, 9.17) is 4.52 Å². The van der Waals surface area contributed by atoms with Crippen LogP contribution in [0.5, 0.6) is 0 Å². The summed E-state index contributed by atoms with van der Waals surface area (Å²) in [6.45, 7) is 3.17. The van der Waals surface area contributed by atoms with Crippen LogP contribution in [0.3, 0.4) is 0 Å². The minimum atomic E-state index is -0.368. The van der Waals surface area contributed by atoms with Gasteiger partial charge in [-0.15, -0.1) is 0 Å². The number of carbonyl (C=O) groups is 2. The van der Waals surface area contributed by atoms with Gasteiger partial charge in [-0.3, -0.25) is 9.59 Å². The maximum absolute atomic E-state index is 11.8. The summed E-state index contributed by atoms with van der Waals surface area (Å²) >= 11 is 0. The monoisotopic (exact) mass is 259 g/mol. The van der Waals surface area contributed by atoms with Crippen LogP contribution in [-0.4, -0.2) is 17.0 Å². The van der Waals surface area contributed by atoms with Crippen molar-refractivity contribution in [2.24, 2.45) is 0 Å². The van der Waals surface area contributed by atoms with Crippen LogP contribution in [0.25, 0.3) is 0 Å². The highest BCUT2D eigenvalue weighted by Gasteiger charge is 2.11. The Labute approximate surface area is 109 Å². The summed E-state index contributed by atoms with van der Waals surface area (Å²) in [5, 5.41) is 8.95. The molecule has 1 aromatic heterocycles. The molecule has 0 bridgehead atoms. The molecule has 2 aromatic rings. The Bertz CT molecular complexity index is 602. The predicted molar refractivity (Wildman–Crippen MR) is 69.9 cm³/mol. The molecule has 0 saturated heterocycles. The van der Waals surface area contributed by atoms with Gasteiger partial charge in [0.05, 0.1) is 5.69 Å². The molecule has 2 rings (SSSR count). The molecule has 0 aliphatic heterocycles.